The van der Waals surface area contributed by atoms with E-state index in [1.165, 1.54) is 12.3 Å². The van der Waals surface area contributed by atoms with Crippen LogP contribution in [0.4, 0.5) is 10.2 Å². The van der Waals surface area contributed by atoms with Crippen LogP contribution in [0.1, 0.15) is 37.0 Å². The first-order chi connectivity index (χ1) is 9.13. The highest BCUT2D eigenvalue weighted by molar-refractivity contribution is 5.95. The molecule has 1 aromatic rings. The van der Waals surface area contributed by atoms with Gasteiger partial charge in [-0.15, -0.1) is 0 Å². The molecule has 1 fully saturated rings. The third-order valence-corrected chi connectivity index (χ3v) is 3.41. The molecule has 1 aromatic heterocycles. The number of nitrogens with zero attached hydrogens (tertiary/aromatic N) is 2. The van der Waals surface area contributed by atoms with Gasteiger partial charge < -0.3 is 10.2 Å². The Kier molecular flexibility index (Phi) is 4.35. The number of likely N-dealkylation sites (tertiary alicyclic amines) is 1. The first-order valence-electron chi connectivity index (χ1n) is 6.81. The molecule has 1 unspecified atom stereocenters. The Bertz CT molecular complexity index is 464. The van der Waals surface area contributed by atoms with Crippen LogP contribution in [0.3, 0.4) is 0 Å². The van der Waals surface area contributed by atoms with Gasteiger partial charge in [0.2, 0.25) is 0 Å². The van der Waals surface area contributed by atoms with E-state index in [-0.39, 0.29) is 17.3 Å². The van der Waals surface area contributed by atoms with Crippen molar-refractivity contribution in [1.82, 2.24) is 9.88 Å². The number of piperidine rings is 1. The molecule has 1 N–H and O–H groups in total. The first-order valence-corrected chi connectivity index (χ1v) is 6.81. The Hall–Kier alpha value is -1.65. The summed E-state index contributed by atoms with van der Waals surface area (Å²) >= 11 is 0. The molecule has 0 aliphatic carbocycles. The number of aromatic nitrogens is 1. The molecule has 4 nitrogen and oxygen atoms in total. The van der Waals surface area contributed by atoms with Crippen molar-refractivity contribution in [3.05, 3.63) is 23.6 Å². The van der Waals surface area contributed by atoms with Gasteiger partial charge in [0, 0.05) is 25.8 Å². The van der Waals surface area contributed by atoms with Gasteiger partial charge in [0.05, 0.1) is 5.56 Å². The van der Waals surface area contributed by atoms with Gasteiger partial charge in [-0.3, -0.25) is 4.79 Å². The van der Waals surface area contributed by atoms with Crippen LogP contribution in [-0.4, -0.2) is 35.4 Å². The van der Waals surface area contributed by atoms with Gasteiger partial charge in [-0.2, -0.15) is 0 Å². The Balaban J connectivity index is 2.21. The number of hydrogen-bond acceptors (Lipinski definition) is 3. The van der Waals surface area contributed by atoms with Crippen LogP contribution < -0.4 is 5.32 Å². The molecule has 0 saturated carbocycles. The summed E-state index contributed by atoms with van der Waals surface area (Å²) in [6.07, 6.45) is 3.59. The second-order valence-corrected chi connectivity index (χ2v) is 5.05. The molecule has 104 valence electrons. The number of pyridine rings is 1. The lowest BCUT2D eigenvalue weighted by Crippen LogP contribution is -2.39. The molecule has 1 aliphatic heterocycles. The molecular weight excluding hydrogens is 245 g/mol. The maximum Gasteiger partial charge on any atom is 0.257 e. The van der Waals surface area contributed by atoms with Crippen molar-refractivity contribution in [2.24, 2.45) is 5.92 Å². The molecule has 0 bridgehead atoms. The van der Waals surface area contributed by atoms with Crippen LogP contribution in [0.5, 0.6) is 0 Å². The van der Waals surface area contributed by atoms with Gasteiger partial charge in [0.25, 0.3) is 5.91 Å². The molecule has 0 spiro atoms. The van der Waals surface area contributed by atoms with Gasteiger partial charge in [-0.1, -0.05) is 6.92 Å². The molecule has 2 heterocycles. The van der Waals surface area contributed by atoms with Crippen molar-refractivity contribution in [3.8, 4) is 0 Å². The van der Waals surface area contributed by atoms with E-state index in [0.717, 1.165) is 12.8 Å². The Morgan fingerprint density at radius 1 is 1.63 bits per heavy atom. The summed E-state index contributed by atoms with van der Waals surface area (Å²) in [5, 5.41) is 2.83. The first kappa shape index (κ1) is 13.8. The predicted molar refractivity (Wildman–Crippen MR) is 72.7 cm³/mol. The van der Waals surface area contributed by atoms with Gasteiger partial charge in [-0.25, -0.2) is 9.37 Å². The van der Waals surface area contributed by atoms with Crippen molar-refractivity contribution < 1.29 is 9.18 Å². The van der Waals surface area contributed by atoms with E-state index in [9.17, 15) is 9.18 Å². The maximum absolute atomic E-state index is 14.2. The van der Waals surface area contributed by atoms with E-state index in [0.29, 0.717) is 25.6 Å². The van der Waals surface area contributed by atoms with E-state index in [1.807, 2.05) is 6.92 Å². The van der Waals surface area contributed by atoms with E-state index in [2.05, 4.69) is 17.2 Å². The number of nitrogens with one attached hydrogen (secondary N) is 1. The predicted octanol–water partition coefficient (Wildman–Crippen LogP) is 2.52. The second kappa shape index (κ2) is 5.99. The Morgan fingerprint density at radius 3 is 3.11 bits per heavy atom. The summed E-state index contributed by atoms with van der Waals surface area (Å²) in [7, 11) is 0. The van der Waals surface area contributed by atoms with Gasteiger partial charge >= 0.3 is 0 Å². The third-order valence-electron chi connectivity index (χ3n) is 3.41. The van der Waals surface area contributed by atoms with Gasteiger partial charge in [-0.05, 0) is 31.7 Å². The number of carbonyl (C=O) groups is 1. The largest absolute Gasteiger partial charge is 0.368 e. The van der Waals surface area contributed by atoms with E-state index in [1.54, 1.807) is 4.90 Å². The minimum atomic E-state index is -0.549. The minimum absolute atomic E-state index is 0.111. The third kappa shape index (κ3) is 3.03. The van der Waals surface area contributed by atoms with E-state index >= 15 is 0 Å². The van der Waals surface area contributed by atoms with Crippen LogP contribution in [-0.2, 0) is 0 Å². The summed E-state index contributed by atoms with van der Waals surface area (Å²) < 4.78 is 14.2. The summed E-state index contributed by atoms with van der Waals surface area (Å²) in [4.78, 5) is 18.0. The number of rotatable bonds is 3. The molecule has 19 heavy (non-hydrogen) atoms. The number of anilines is 1. The van der Waals surface area contributed by atoms with Crippen molar-refractivity contribution in [2.45, 2.75) is 26.7 Å². The normalized spacial score (nSPS) is 19.3. The molecule has 0 aromatic carbocycles. The standard InChI is InChI=1S/C14H20FN3O/c1-3-16-13-12(15)11(6-7-17-13)14(19)18-8-4-5-10(2)9-18/h6-7,10H,3-5,8-9H2,1-2H3,(H,16,17). The summed E-state index contributed by atoms with van der Waals surface area (Å²) in [6, 6.07) is 1.46. The fourth-order valence-corrected chi connectivity index (χ4v) is 2.44. The summed E-state index contributed by atoms with van der Waals surface area (Å²) in [5.41, 5.74) is 0.111. The monoisotopic (exact) mass is 265 g/mol. The molecule has 5 heteroatoms. The second-order valence-electron chi connectivity index (χ2n) is 5.05. The fourth-order valence-electron chi connectivity index (χ4n) is 2.44. The minimum Gasteiger partial charge on any atom is -0.368 e. The molecular formula is C14H20FN3O. The lowest BCUT2D eigenvalue weighted by atomic mass is 9.99. The van der Waals surface area contributed by atoms with Crippen LogP contribution in [0.25, 0.3) is 0 Å². The molecule has 2 rings (SSSR count). The van der Waals surface area contributed by atoms with Gasteiger partial charge in [0.1, 0.15) is 0 Å². The quantitative estimate of drug-likeness (QED) is 0.913. The molecule has 1 aliphatic rings. The molecule has 1 saturated heterocycles. The summed E-state index contributed by atoms with van der Waals surface area (Å²) in [6.45, 7) is 5.97. The molecule has 1 atom stereocenters. The van der Waals surface area contributed by atoms with Gasteiger partial charge in [0.15, 0.2) is 11.6 Å². The van der Waals surface area contributed by atoms with Crippen LogP contribution in [0, 0.1) is 11.7 Å². The number of carbonyl (C=O) groups excluding carboxylic acids is 1. The van der Waals surface area contributed by atoms with E-state index < -0.39 is 5.82 Å². The smallest absolute Gasteiger partial charge is 0.257 e. The molecule has 0 radical (unpaired) electrons. The highest BCUT2D eigenvalue weighted by atomic mass is 19.1. The topological polar surface area (TPSA) is 45.2 Å². The zero-order valence-electron chi connectivity index (χ0n) is 11.4. The van der Waals surface area contributed by atoms with Crippen molar-refractivity contribution in [3.63, 3.8) is 0 Å². The number of amides is 1. The highest BCUT2D eigenvalue weighted by Gasteiger charge is 2.25. The van der Waals surface area contributed by atoms with Crippen molar-refractivity contribution >= 4 is 11.7 Å². The van der Waals surface area contributed by atoms with Crippen LogP contribution >= 0.6 is 0 Å². The van der Waals surface area contributed by atoms with Crippen LogP contribution in [0.2, 0.25) is 0 Å². The average molecular weight is 265 g/mol. The SMILES string of the molecule is CCNc1nccc(C(=O)N2CCCC(C)C2)c1F. The molecule has 1 amide bonds. The Morgan fingerprint density at radius 2 is 2.42 bits per heavy atom. The van der Waals surface area contributed by atoms with Crippen LogP contribution in [0.15, 0.2) is 12.3 Å². The zero-order chi connectivity index (χ0) is 13.8. The van der Waals surface area contributed by atoms with Crippen molar-refractivity contribution in [2.75, 3.05) is 25.0 Å². The average Bonchev–Trinajstić information content (AvgIpc) is 2.41. The van der Waals surface area contributed by atoms with E-state index in [4.69, 9.17) is 0 Å². The maximum atomic E-state index is 14.2. The lowest BCUT2D eigenvalue weighted by Gasteiger charge is -2.31. The fraction of sp³-hybridized carbons (Fsp3) is 0.571. The summed E-state index contributed by atoms with van der Waals surface area (Å²) in [5.74, 6) is -0.146. The zero-order valence-corrected chi connectivity index (χ0v) is 11.4. The number of hydrogen-bond donors (Lipinski definition) is 1. The number of halogens is 1. The highest BCUT2D eigenvalue weighted by Crippen LogP contribution is 2.21. The van der Waals surface area contributed by atoms with Crippen molar-refractivity contribution in [1.29, 1.82) is 0 Å². The Labute approximate surface area is 113 Å². The lowest BCUT2D eigenvalue weighted by molar-refractivity contribution is 0.0678.